The first-order chi connectivity index (χ1) is 7.82. The Morgan fingerprint density at radius 3 is 2.25 bits per heavy atom. The monoisotopic (exact) mass is 216 g/mol. The Morgan fingerprint density at radius 2 is 1.81 bits per heavy atom. The fourth-order valence-electron chi connectivity index (χ4n) is 2.65. The minimum absolute atomic E-state index is 0.494. The first-order valence-electron chi connectivity index (χ1n) is 6.34. The minimum Gasteiger partial charge on any atom is -0.326 e. The van der Waals surface area contributed by atoms with Gasteiger partial charge in [0.05, 0.1) is 0 Å². The number of nitrogens with zero attached hydrogens (tertiary/aromatic N) is 1. The lowest BCUT2D eigenvalue weighted by atomic mass is 9.93. The Morgan fingerprint density at radius 1 is 1.12 bits per heavy atom. The molecule has 0 aromatic heterocycles. The van der Waals surface area contributed by atoms with Crippen molar-refractivity contribution in [3.8, 4) is 0 Å². The second kappa shape index (κ2) is 3.86. The van der Waals surface area contributed by atoms with Crippen molar-refractivity contribution in [2.24, 2.45) is 5.73 Å². The number of likely N-dealkylation sites (tertiary alicyclic amines) is 1. The molecule has 1 saturated heterocycles. The zero-order valence-corrected chi connectivity index (χ0v) is 9.78. The second-order valence-corrected chi connectivity index (χ2v) is 5.31. The van der Waals surface area contributed by atoms with E-state index in [4.69, 9.17) is 5.73 Å². The number of hydrogen-bond donors (Lipinski definition) is 1. The fraction of sp³-hybridized carbons (Fsp3) is 0.571. The average molecular weight is 216 g/mol. The van der Waals surface area contributed by atoms with Crippen LogP contribution in [0, 0.1) is 0 Å². The van der Waals surface area contributed by atoms with Crippen LogP contribution in [0.2, 0.25) is 0 Å². The maximum absolute atomic E-state index is 5.63. The van der Waals surface area contributed by atoms with Gasteiger partial charge in [0.2, 0.25) is 0 Å². The van der Waals surface area contributed by atoms with Crippen LogP contribution >= 0.6 is 0 Å². The van der Waals surface area contributed by atoms with Crippen LogP contribution in [0.1, 0.15) is 30.4 Å². The normalized spacial score (nSPS) is 22.8. The van der Waals surface area contributed by atoms with E-state index in [2.05, 4.69) is 29.2 Å². The molecule has 1 heterocycles. The first-order valence-corrected chi connectivity index (χ1v) is 6.34. The molecule has 3 rings (SSSR count). The van der Waals surface area contributed by atoms with Crippen molar-refractivity contribution in [1.82, 2.24) is 4.90 Å². The average Bonchev–Trinajstić information content (AvgIpc) is 3.05. The zero-order chi connectivity index (χ0) is 11.0. The van der Waals surface area contributed by atoms with Gasteiger partial charge in [-0.3, -0.25) is 0 Å². The maximum atomic E-state index is 5.63. The van der Waals surface area contributed by atoms with Gasteiger partial charge in [0.1, 0.15) is 0 Å². The molecule has 1 aliphatic carbocycles. The van der Waals surface area contributed by atoms with Crippen LogP contribution in [0.5, 0.6) is 0 Å². The predicted octanol–water partition coefficient (Wildman–Crippen LogP) is 1.88. The van der Waals surface area contributed by atoms with Crippen LogP contribution in [0.3, 0.4) is 0 Å². The third-order valence-corrected chi connectivity index (χ3v) is 4.13. The highest BCUT2D eigenvalue weighted by Gasteiger charge is 2.45. The highest BCUT2D eigenvalue weighted by Crippen LogP contribution is 2.49. The van der Waals surface area contributed by atoms with E-state index in [1.54, 1.807) is 0 Å². The topological polar surface area (TPSA) is 29.3 Å². The van der Waals surface area contributed by atoms with Gasteiger partial charge >= 0.3 is 0 Å². The van der Waals surface area contributed by atoms with Crippen molar-refractivity contribution < 1.29 is 0 Å². The van der Waals surface area contributed by atoms with Gasteiger partial charge in [0.25, 0.3) is 0 Å². The molecule has 0 bridgehead atoms. The molecule has 2 N–H and O–H groups in total. The first kappa shape index (κ1) is 10.3. The van der Waals surface area contributed by atoms with Gasteiger partial charge in [-0.15, -0.1) is 0 Å². The lowest BCUT2D eigenvalue weighted by Gasteiger charge is -2.34. The summed E-state index contributed by atoms with van der Waals surface area (Å²) >= 11 is 0. The van der Waals surface area contributed by atoms with Crippen molar-refractivity contribution in [2.75, 3.05) is 19.6 Å². The Hall–Kier alpha value is -0.860. The quantitative estimate of drug-likeness (QED) is 0.832. The van der Waals surface area contributed by atoms with Gasteiger partial charge in [-0.1, -0.05) is 24.3 Å². The summed E-state index contributed by atoms with van der Waals surface area (Å²) in [7, 11) is 0. The number of benzene rings is 1. The number of nitrogens with two attached hydrogens (primary N) is 1. The molecule has 86 valence electrons. The summed E-state index contributed by atoms with van der Waals surface area (Å²) < 4.78 is 0. The molecule has 0 unspecified atom stereocenters. The van der Waals surface area contributed by atoms with Crippen LogP contribution in [-0.2, 0) is 12.0 Å². The van der Waals surface area contributed by atoms with Gasteiger partial charge in [0.15, 0.2) is 0 Å². The molecule has 2 aliphatic rings. The highest BCUT2D eigenvalue weighted by molar-refractivity contribution is 5.34. The summed E-state index contributed by atoms with van der Waals surface area (Å²) in [5.41, 5.74) is 8.89. The summed E-state index contributed by atoms with van der Waals surface area (Å²) in [5.74, 6) is 0. The van der Waals surface area contributed by atoms with E-state index in [-0.39, 0.29) is 0 Å². The lowest BCUT2D eigenvalue weighted by molar-refractivity contribution is 0.164. The van der Waals surface area contributed by atoms with Crippen LogP contribution in [0.4, 0.5) is 0 Å². The highest BCUT2D eigenvalue weighted by atomic mass is 15.2. The van der Waals surface area contributed by atoms with Gasteiger partial charge < -0.3 is 10.6 Å². The fourth-order valence-corrected chi connectivity index (χ4v) is 2.65. The summed E-state index contributed by atoms with van der Waals surface area (Å²) in [6.07, 6.45) is 4.12. The maximum Gasteiger partial charge on any atom is 0.0178 e. The Labute approximate surface area is 97.4 Å². The largest absolute Gasteiger partial charge is 0.326 e. The lowest BCUT2D eigenvalue weighted by Crippen LogP contribution is -2.42. The molecule has 0 atom stereocenters. The van der Waals surface area contributed by atoms with Crippen LogP contribution in [-0.4, -0.2) is 24.5 Å². The molecule has 1 aromatic rings. The SMILES string of the molecule is NCc1ccc(C2(CN3CCC3)CC2)cc1. The molecule has 2 nitrogen and oxygen atoms in total. The van der Waals surface area contributed by atoms with Crippen LogP contribution in [0.15, 0.2) is 24.3 Å². The zero-order valence-electron chi connectivity index (χ0n) is 9.78. The predicted molar refractivity (Wildman–Crippen MR) is 66.3 cm³/mol. The smallest absolute Gasteiger partial charge is 0.0178 e. The number of rotatable bonds is 4. The third kappa shape index (κ3) is 1.76. The molecule has 2 heteroatoms. The Kier molecular flexibility index (Phi) is 2.49. The van der Waals surface area contributed by atoms with Crippen molar-refractivity contribution in [3.63, 3.8) is 0 Å². The molecule has 16 heavy (non-hydrogen) atoms. The van der Waals surface area contributed by atoms with E-state index in [1.807, 2.05) is 0 Å². The van der Waals surface area contributed by atoms with Crippen LogP contribution in [0.25, 0.3) is 0 Å². The molecule has 1 saturated carbocycles. The number of hydrogen-bond acceptors (Lipinski definition) is 2. The molecule has 0 amide bonds. The van der Waals surface area contributed by atoms with Gasteiger partial charge in [-0.2, -0.15) is 0 Å². The molecular weight excluding hydrogens is 196 g/mol. The van der Waals surface area contributed by atoms with Crippen molar-refractivity contribution in [3.05, 3.63) is 35.4 Å². The summed E-state index contributed by atoms with van der Waals surface area (Å²) in [6, 6.07) is 8.95. The van der Waals surface area contributed by atoms with E-state index in [1.165, 1.54) is 50.0 Å². The van der Waals surface area contributed by atoms with Gasteiger partial charge in [-0.25, -0.2) is 0 Å². The van der Waals surface area contributed by atoms with Crippen molar-refractivity contribution in [2.45, 2.75) is 31.2 Å². The second-order valence-electron chi connectivity index (χ2n) is 5.31. The molecule has 1 aromatic carbocycles. The summed E-state index contributed by atoms with van der Waals surface area (Å²) in [6.45, 7) is 4.54. The van der Waals surface area contributed by atoms with E-state index < -0.39 is 0 Å². The van der Waals surface area contributed by atoms with E-state index in [0.717, 1.165) is 0 Å². The van der Waals surface area contributed by atoms with E-state index >= 15 is 0 Å². The standard InChI is InChI=1S/C14H20N2/c15-10-12-2-4-13(5-3-12)14(6-7-14)11-16-8-1-9-16/h2-5H,1,6-11,15H2. The van der Waals surface area contributed by atoms with Gasteiger partial charge in [-0.05, 0) is 43.5 Å². The molecule has 0 radical (unpaired) electrons. The summed E-state index contributed by atoms with van der Waals surface area (Å²) in [4.78, 5) is 2.59. The molecular formula is C14H20N2. The van der Waals surface area contributed by atoms with Crippen molar-refractivity contribution >= 4 is 0 Å². The molecule has 2 fully saturated rings. The van der Waals surface area contributed by atoms with E-state index in [9.17, 15) is 0 Å². The Bertz CT molecular complexity index is 361. The molecule has 1 aliphatic heterocycles. The Balaban J connectivity index is 1.74. The van der Waals surface area contributed by atoms with Crippen LogP contribution < -0.4 is 5.73 Å². The summed E-state index contributed by atoms with van der Waals surface area (Å²) in [5, 5.41) is 0. The molecule has 0 spiro atoms. The minimum atomic E-state index is 0.494. The third-order valence-electron chi connectivity index (χ3n) is 4.13. The van der Waals surface area contributed by atoms with Gasteiger partial charge in [0, 0.05) is 18.5 Å². The van der Waals surface area contributed by atoms with Crippen molar-refractivity contribution in [1.29, 1.82) is 0 Å². The van der Waals surface area contributed by atoms with E-state index in [0.29, 0.717) is 12.0 Å².